The van der Waals surface area contributed by atoms with Crippen molar-refractivity contribution < 1.29 is 14.3 Å². The summed E-state index contributed by atoms with van der Waals surface area (Å²) in [5, 5.41) is 0. The maximum Gasteiger partial charge on any atom is 0.329 e. The van der Waals surface area contributed by atoms with E-state index in [0.29, 0.717) is 0 Å². The molecule has 1 aromatic carbocycles. The number of esters is 1. The molecule has 4 nitrogen and oxygen atoms in total. The number of methoxy groups -OCH3 is 1. The fourth-order valence-corrected chi connectivity index (χ4v) is 2.20. The normalized spacial score (nSPS) is 12.6. The second-order valence-electron chi connectivity index (χ2n) is 4.96. The summed E-state index contributed by atoms with van der Waals surface area (Å²) in [5.74, 6) is -1.16. The van der Waals surface area contributed by atoms with Crippen LogP contribution in [-0.4, -0.2) is 44.7 Å². The van der Waals surface area contributed by atoms with E-state index in [1.807, 2.05) is 44.2 Å². The van der Waals surface area contributed by atoms with Gasteiger partial charge in [0.15, 0.2) is 5.81 Å². The van der Waals surface area contributed by atoms with Crippen LogP contribution in [-0.2, 0) is 14.9 Å². The highest BCUT2D eigenvalue weighted by Gasteiger charge is 2.41. The summed E-state index contributed by atoms with van der Waals surface area (Å²) in [6, 6.07) is 8.70. The highest BCUT2D eigenvalue weighted by Crippen LogP contribution is 2.30. The summed E-state index contributed by atoms with van der Waals surface area (Å²) in [5.41, 5.74) is 0.316. The topological polar surface area (TPSA) is 46.6 Å². The number of nitrogens with zero attached hydrogens (tertiary/aromatic N) is 1. The van der Waals surface area contributed by atoms with Gasteiger partial charge in [-0.3, -0.25) is 4.79 Å². The van der Waals surface area contributed by atoms with Gasteiger partial charge in [-0.25, -0.2) is 4.79 Å². The number of ether oxygens (including phenoxy) is 1. The molecule has 0 fully saturated rings. The third kappa shape index (κ3) is 3.16. The van der Waals surface area contributed by atoms with Crippen molar-refractivity contribution in [2.45, 2.75) is 25.3 Å². The molecule has 0 unspecified atom stereocenters. The molecule has 0 aliphatic rings. The summed E-state index contributed by atoms with van der Waals surface area (Å²) in [6.07, 6.45) is 0. The standard InChI is InChI=1S/C14H18BNO3/c1-14(2,10-8-6-5-7-9-10)11(12(17)19-4)16(3)13(15)18/h5-9,11H,1-4H3/t11-/m1/s1. The Kier molecular flexibility index (Phi) is 4.75. The minimum Gasteiger partial charge on any atom is -0.467 e. The Bertz CT molecular complexity index is 459. The molecule has 0 aliphatic carbocycles. The molecular formula is C14H18BNO3. The Morgan fingerprint density at radius 2 is 1.79 bits per heavy atom. The number of carbonyl (C=O) groups is 2. The summed E-state index contributed by atoms with van der Waals surface area (Å²) in [7, 11) is 8.07. The monoisotopic (exact) mass is 259 g/mol. The molecule has 1 atom stereocenters. The van der Waals surface area contributed by atoms with Gasteiger partial charge < -0.3 is 9.64 Å². The zero-order valence-corrected chi connectivity index (χ0v) is 11.7. The van der Waals surface area contributed by atoms with Crippen LogP contribution in [0.1, 0.15) is 19.4 Å². The number of amides is 1. The first kappa shape index (κ1) is 15.3. The quantitative estimate of drug-likeness (QED) is 0.611. The average molecular weight is 259 g/mol. The number of carbonyl (C=O) groups excluding carboxylic acids is 2. The second kappa shape index (κ2) is 5.91. The smallest absolute Gasteiger partial charge is 0.329 e. The van der Waals surface area contributed by atoms with Crippen molar-refractivity contribution >= 4 is 19.6 Å². The van der Waals surface area contributed by atoms with Crippen molar-refractivity contribution in [1.29, 1.82) is 0 Å². The van der Waals surface area contributed by atoms with E-state index in [2.05, 4.69) is 0 Å². The lowest BCUT2D eigenvalue weighted by Crippen LogP contribution is -2.53. The molecule has 0 bridgehead atoms. The lowest BCUT2D eigenvalue weighted by Gasteiger charge is -2.38. The Balaban J connectivity index is 3.24. The van der Waals surface area contributed by atoms with Gasteiger partial charge >= 0.3 is 5.97 Å². The zero-order chi connectivity index (χ0) is 14.6. The van der Waals surface area contributed by atoms with Gasteiger partial charge in [0, 0.05) is 12.5 Å². The molecule has 0 saturated heterocycles. The molecule has 0 aliphatic heterocycles. The van der Waals surface area contributed by atoms with Crippen molar-refractivity contribution in [3.8, 4) is 0 Å². The number of benzene rings is 1. The Morgan fingerprint density at radius 1 is 1.26 bits per heavy atom. The molecule has 0 saturated carbocycles. The van der Waals surface area contributed by atoms with E-state index >= 15 is 0 Å². The van der Waals surface area contributed by atoms with Crippen LogP contribution in [0.4, 0.5) is 4.79 Å². The maximum atomic E-state index is 12.0. The van der Waals surface area contributed by atoms with E-state index in [9.17, 15) is 9.59 Å². The molecule has 1 aromatic rings. The number of hydrogen-bond donors (Lipinski definition) is 0. The lowest BCUT2D eigenvalue weighted by atomic mass is 9.76. The number of hydrogen-bond acceptors (Lipinski definition) is 3. The van der Waals surface area contributed by atoms with Crippen LogP contribution in [0.5, 0.6) is 0 Å². The van der Waals surface area contributed by atoms with Gasteiger partial charge in [-0.2, -0.15) is 0 Å². The first-order valence-corrected chi connectivity index (χ1v) is 5.98. The molecule has 1 rings (SSSR count). The summed E-state index contributed by atoms with van der Waals surface area (Å²) < 4.78 is 4.80. The van der Waals surface area contributed by atoms with Gasteiger partial charge in [0.2, 0.25) is 7.85 Å². The van der Waals surface area contributed by atoms with Gasteiger partial charge in [-0.05, 0) is 5.56 Å². The van der Waals surface area contributed by atoms with Gasteiger partial charge in [0.1, 0.15) is 6.04 Å². The Morgan fingerprint density at radius 3 is 2.21 bits per heavy atom. The fraction of sp³-hybridized carbons (Fsp3) is 0.429. The summed E-state index contributed by atoms with van der Waals surface area (Å²) in [6.45, 7) is 3.76. The molecule has 0 N–H and O–H groups in total. The van der Waals surface area contributed by atoms with Gasteiger partial charge in [-0.1, -0.05) is 44.2 Å². The molecule has 0 heterocycles. The predicted molar refractivity (Wildman–Crippen MR) is 74.2 cm³/mol. The minimum atomic E-state index is -0.780. The van der Waals surface area contributed by atoms with Gasteiger partial charge in [-0.15, -0.1) is 0 Å². The highest BCUT2D eigenvalue weighted by atomic mass is 16.5. The summed E-state index contributed by atoms with van der Waals surface area (Å²) in [4.78, 5) is 24.6. The van der Waals surface area contributed by atoms with Crippen LogP contribution in [0.3, 0.4) is 0 Å². The van der Waals surface area contributed by atoms with E-state index in [1.165, 1.54) is 19.1 Å². The molecule has 5 heteroatoms. The van der Waals surface area contributed by atoms with E-state index in [4.69, 9.17) is 12.6 Å². The maximum absolute atomic E-state index is 12.0. The molecule has 0 spiro atoms. The predicted octanol–water partition coefficient (Wildman–Crippen LogP) is 1.73. The molecule has 0 aromatic heterocycles. The molecule has 19 heavy (non-hydrogen) atoms. The van der Waals surface area contributed by atoms with Crippen molar-refractivity contribution in [2.75, 3.05) is 14.2 Å². The highest BCUT2D eigenvalue weighted by molar-refractivity contribution is 6.57. The minimum absolute atomic E-state index is 0.491. The molecule has 100 valence electrons. The average Bonchev–Trinajstić information content (AvgIpc) is 2.39. The van der Waals surface area contributed by atoms with Crippen molar-refractivity contribution in [3.63, 3.8) is 0 Å². The second-order valence-corrected chi connectivity index (χ2v) is 4.96. The SMILES string of the molecule is [B]C(=O)N(C)[C@H](C(=O)OC)C(C)(C)c1ccccc1. The molecular weight excluding hydrogens is 241 g/mol. The van der Waals surface area contributed by atoms with Crippen molar-refractivity contribution in [1.82, 2.24) is 4.90 Å². The van der Waals surface area contributed by atoms with Crippen LogP contribution < -0.4 is 0 Å². The van der Waals surface area contributed by atoms with E-state index in [0.717, 1.165) is 5.56 Å². The first-order valence-electron chi connectivity index (χ1n) is 5.98. The molecule has 1 amide bonds. The van der Waals surface area contributed by atoms with Crippen LogP contribution >= 0.6 is 0 Å². The number of rotatable bonds is 4. The third-order valence-electron chi connectivity index (χ3n) is 3.36. The van der Waals surface area contributed by atoms with Crippen LogP contribution in [0, 0.1) is 0 Å². The van der Waals surface area contributed by atoms with E-state index in [1.54, 1.807) is 0 Å². The van der Waals surface area contributed by atoms with Crippen LogP contribution in [0.2, 0.25) is 0 Å². The van der Waals surface area contributed by atoms with Gasteiger partial charge in [0.05, 0.1) is 7.11 Å². The van der Waals surface area contributed by atoms with Crippen LogP contribution in [0.25, 0.3) is 0 Å². The molecule has 2 radical (unpaired) electrons. The van der Waals surface area contributed by atoms with E-state index in [-0.39, 0.29) is 0 Å². The summed E-state index contributed by atoms with van der Waals surface area (Å²) >= 11 is 0. The third-order valence-corrected chi connectivity index (χ3v) is 3.36. The van der Waals surface area contributed by atoms with Crippen molar-refractivity contribution in [2.24, 2.45) is 0 Å². The van der Waals surface area contributed by atoms with Crippen LogP contribution in [0.15, 0.2) is 30.3 Å². The van der Waals surface area contributed by atoms with Gasteiger partial charge in [0.25, 0.3) is 0 Å². The van der Waals surface area contributed by atoms with Crippen molar-refractivity contribution in [3.05, 3.63) is 35.9 Å². The largest absolute Gasteiger partial charge is 0.467 e. The Labute approximate surface area is 115 Å². The van der Waals surface area contributed by atoms with E-state index < -0.39 is 23.2 Å². The number of likely N-dealkylation sites (N-methyl/N-ethyl adjacent to an activating group) is 1. The lowest BCUT2D eigenvalue weighted by molar-refractivity contribution is -0.147. The zero-order valence-electron chi connectivity index (χ0n) is 11.7. The fourth-order valence-electron chi connectivity index (χ4n) is 2.20. The first-order chi connectivity index (χ1) is 8.82. The Hall–Kier alpha value is -1.78.